The predicted molar refractivity (Wildman–Crippen MR) is 80.4 cm³/mol. The van der Waals surface area contributed by atoms with E-state index in [1.54, 1.807) is 0 Å². The van der Waals surface area contributed by atoms with E-state index in [4.69, 9.17) is 0 Å². The van der Waals surface area contributed by atoms with Gasteiger partial charge >= 0.3 is 0 Å². The van der Waals surface area contributed by atoms with Gasteiger partial charge in [0.05, 0.1) is 5.69 Å². The predicted octanol–water partition coefficient (Wildman–Crippen LogP) is 2.99. The molecule has 2 rings (SSSR count). The van der Waals surface area contributed by atoms with Crippen molar-refractivity contribution in [2.45, 2.75) is 59.4 Å². The number of aryl methyl sites for hydroxylation is 2. The molecule has 19 heavy (non-hydrogen) atoms. The monoisotopic (exact) mass is 263 g/mol. The summed E-state index contributed by atoms with van der Waals surface area (Å²) in [5.74, 6) is 1.77. The highest BCUT2D eigenvalue weighted by Crippen LogP contribution is 2.29. The van der Waals surface area contributed by atoms with Crippen LogP contribution < -0.4 is 5.32 Å². The van der Waals surface area contributed by atoms with Crippen LogP contribution in [-0.4, -0.2) is 22.4 Å². The van der Waals surface area contributed by atoms with Gasteiger partial charge in [0, 0.05) is 18.8 Å². The summed E-state index contributed by atoms with van der Waals surface area (Å²) in [6.07, 6.45) is 5.17. The van der Waals surface area contributed by atoms with E-state index in [-0.39, 0.29) is 0 Å². The molecule has 1 aromatic heterocycles. The van der Waals surface area contributed by atoms with E-state index in [9.17, 15) is 0 Å². The first-order valence-corrected chi connectivity index (χ1v) is 7.71. The Bertz CT molecular complexity index is 422. The normalized spacial score (nSPS) is 27.7. The Labute approximate surface area is 117 Å². The van der Waals surface area contributed by atoms with Crippen molar-refractivity contribution in [2.75, 3.05) is 6.54 Å². The van der Waals surface area contributed by atoms with Gasteiger partial charge in [-0.1, -0.05) is 13.8 Å². The van der Waals surface area contributed by atoms with E-state index >= 15 is 0 Å². The molecule has 1 saturated carbocycles. The van der Waals surface area contributed by atoms with Gasteiger partial charge in [0.1, 0.15) is 0 Å². The molecule has 0 aliphatic heterocycles. The van der Waals surface area contributed by atoms with Gasteiger partial charge in [-0.15, -0.1) is 0 Å². The van der Waals surface area contributed by atoms with Crippen LogP contribution in [0.1, 0.15) is 50.1 Å². The summed E-state index contributed by atoms with van der Waals surface area (Å²) in [6.45, 7) is 10.2. The molecular formula is C16H29N3. The maximum absolute atomic E-state index is 4.49. The van der Waals surface area contributed by atoms with Crippen molar-refractivity contribution in [3.05, 3.63) is 17.0 Å². The van der Waals surface area contributed by atoms with Crippen LogP contribution in [0.2, 0.25) is 0 Å². The van der Waals surface area contributed by atoms with Crippen LogP contribution in [-0.2, 0) is 13.5 Å². The molecule has 0 amide bonds. The third-order valence-electron chi connectivity index (χ3n) is 5.07. The standard InChI is InChI=1S/C16H29N3/c1-11-6-7-15(10-12(11)2)17-9-8-16-13(3)18-19(5)14(16)4/h11-12,15,17H,6-10H2,1-5H3/t11-,12-,15+/m0/s1. The summed E-state index contributed by atoms with van der Waals surface area (Å²) in [5, 5.41) is 8.23. The maximum Gasteiger partial charge on any atom is 0.0628 e. The molecule has 0 radical (unpaired) electrons. The lowest BCUT2D eigenvalue weighted by Crippen LogP contribution is -2.37. The van der Waals surface area contributed by atoms with Gasteiger partial charge in [-0.05, 0) is 63.5 Å². The van der Waals surface area contributed by atoms with Gasteiger partial charge in [-0.2, -0.15) is 5.10 Å². The Morgan fingerprint density at radius 2 is 1.95 bits per heavy atom. The molecule has 1 fully saturated rings. The molecule has 0 aromatic carbocycles. The molecule has 3 heteroatoms. The number of rotatable bonds is 4. The third-order valence-corrected chi connectivity index (χ3v) is 5.07. The number of nitrogens with one attached hydrogen (secondary N) is 1. The van der Waals surface area contributed by atoms with Crippen molar-refractivity contribution in [1.29, 1.82) is 0 Å². The zero-order valence-corrected chi connectivity index (χ0v) is 13.2. The van der Waals surface area contributed by atoms with Gasteiger partial charge in [0.25, 0.3) is 0 Å². The van der Waals surface area contributed by atoms with Gasteiger partial charge in [-0.3, -0.25) is 4.68 Å². The second-order valence-corrected chi connectivity index (χ2v) is 6.44. The summed E-state index contributed by atoms with van der Waals surface area (Å²) < 4.78 is 2.00. The lowest BCUT2D eigenvalue weighted by molar-refractivity contribution is 0.227. The van der Waals surface area contributed by atoms with Gasteiger partial charge in [0.2, 0.25) is 0 Å². The Hall–Kier alpha value is -0.830. The molecule has 1 aliphatic carbocycles. The van der Waals surface area contributed by atoms with Crippen molar-refractivity contribution in [2.24, 2.45) is 18.9 Å². The highest BCUT2D eigenvalue weighted by molar-refractivity contribution is 5.24. The van der Waals surface area contributed by atoms with Crippen molar-refractivity contribution in [3.63, 3.8) is 0 Å². The molecule has 1 N–H and O–H groups in total. The zero-order valence-electron chi connectivity index (χ0n) is 13.2. The van der Waals surface area contributed by atoms with Crippen LogP contribution in [0.15, 0.2) is 0 Å². The largest absolute Gasteiger partial charge is 0.314 e. The molecule has 3 nitrogen and oxygen atoms in total. The number of nitrogens with zero attached hydrogens (tertiary/aromatic N) is 2. The second kappa shape index (κ2) is 6.08. The second-order valence-electron chi connectivity index (χ2n) is 6.44. The molecule has 0 bridgehead atoms. The molecule has 1 aromatic rings. The molecule has 1 heterocycles. The topological polar surface area (TPSA) is 29.9 Å². The zero-order chi connectivity index (χ0) is 14.0. The minimum atomic E-state index is 0.725. The van der Waals surface area contributed by atoms with Gasteiger partial charge < -0.3 is 5.32 Å². The summed E-state index contributed by atoms with van der Waals surface area (Å²) in [5.41, 5.74) is 3.92. The fraction of sp³-hybridized carbons (Fsp3) is 0.812. The minimum Gasteiger partial charge on any atom is -0.314 e. The smallest absolute Gasteiger partial charge is 0.0628 e. The summed E-state index contributed by atoms with van der Waals surface area (Å²) in [6, 6.07) is 0.725. The fourth-order valence-corrected chi connectivity index (χ4v) is 3.31. The van der Waals surface area contributed by atoms with Crippen molar-refractivity contribution in [3.8, 4) is 0 Å². The summed E-state index contributed by atoms with van der Waals surface area (Å²) in [7, 11) is 2.03. The Morgan fingerprint density at radius 1 is 1.21 bits per heavy atom. The highest BCUT2D eigenvalue weighted by Gasteiger charge is 2.23. The van der Waals surface area contributed by atoms with E-state index < -0.39 is 0 Å². The van der Waals surface area contributed by atoms with Gasteiger partial charge in [-0.25, -0.2) is 0 Å². The summed E-state index contributed by atoms with van der Waals surface area (Å²) in [4.78, 5) is 0. The summed E-state index contributed by atoms with van der Waals surface area (Å²) >= 11 is 0. The maximum atomic E-state index is 4.49. The van der Waals surface area contributed by atoms with Crippen LogP contribution in [0.4, 0.5) is 0 Å². The molecule has 1 aliphatic rings. The van der Waals surface area contributed by atoms with Crippen LogP contribution in [0, 0.1) is 25.7 Å². The molecular weight excluding hydrogens is 234 g/mol. The molecule has 108 valence electrons. The first kappa shape index (κ1) is 14.6. The quantitative estimate of drug-likeness (QED) is 0.905. The Kier molecular flexibility index (Phi) is 4.67. The molecule has 3 atom stereocenters. The van der Waals surface area contributed by atoms with Crippen molar-refractivity contribution in [1.82, 2.24) is 15.1 Å². The van der Waals surface area contributed by atoms with E-state index in [0.29, 0.717) is 0 Å². The molecule has 0 saturated heterocycles. The van der Waals surface area contributed by atoms with Crippen molar-refractivity contribution < 1.29 is 0 Å². The molecule has 0 spiro atoms. The van der Waals surface area contributed by atoms with E-state index in [1.807, 2.05) is 11.7 Å². The van der Waals surface area contributed by atoms with Crippen LogP contribution in [0.5, 0.6) is 0 Å². The van der Waals surface area contributed by atoms with E-state index in [0.717, 1.165) is 30.8 Å². The lowest BCUT2D eigenvalue weighted by atomic mass is 9.79. The average Bonchev–Trinajstić information content (AvgIpc) is 2.60. The van der Waals surface area contributed by atoms with Crippen LogP contribution in [0.25, 0.3) is 0 Å². The van der Waals surface area contributed by atoms with E-state index in [1.165, 1.54) is 36.2 Å². The highest BCUT2D eigenvalue weighted by atomic mass is 15.3. The Balaban J connectivity index is 1.81. The number of hydrogen-bond acceptors (Lipinski definition) is 2. The molecule has 0 unspecified atom stereocenters. The number of aromatic nitrogens is 2. The third kappa shape index (κ3) is 3.38. The lowest BCUT2D eigenvalue weighted by Gasteiger charge is -2.32. The van der Waals surface area contributed by atoms with Crippen LogP contribution in [0.3, 0.4) is 0 Å². The van der Waals surface area contributed by atoms with E-state index in [2.05, 4.69) is 38.1 Å². The minimum absolute atomic E-state index is 0.725. The number of hydrogen-bond donors (Lipinski definition) is 1. The van der Waals surface area contributed by atoms with Crippen molar-refractivity contribution >= 4 is 0 Å². The SMILES string of the molecule is Cc1nn(C)c(C)c1CCN[C@@H]1CC[C@H](C)[C@@H](C)C1. The van der Waals surface area contributed by atoms with Crippen LogP contribution >= 0.6 is 0 Å². The van der Waals surface area contributed by atoms with Gasteiger partial charge in [0.15, 0.2) is 0 Å². The first-order chi connectivity index (χ1) is 8.99. The Morgan fingerprint density at radius 3 is 2.53 bits per heavy atom. The first-order valence-electron chi connectivity index (χ1n) is 7.71. The fourth-order valence-electron chi connectivity index (χ4n) is 3.31. The average molecular weight is 263 g/mol.